The molecule has 2 aromatic carbocycles. The third-order valence-corrected chi connectivity index (χ3v) is 8.35. The fourth-order valence-corrected chi connectivity index (χ4v) is 6.58. The van der Waals surface area contributed by atoms with Gasteiger partial charge >= 0.3 is 0 Å². The molecule has 2 atom stereocenters. The highest BCUT2D eigenvalue weighted by Crippen LogP contribution is 2.56. The number of carbonyl (C=O) groups is 1. The fraction of sp³-hybridized carbons (Fsp3) is 0.346. The van der Waals surface area contributed by atoms with E-state index in [9.17, 15) is 4.79 Å². The zero-order valence-electron chi connectivity index (χ0n) is 18.8. The summed E-state index contributed by atoms with van der Waals surface area (Å²) in [6.07, 6.45) is 2.43. The number of amides is 1. The van der Waals surface area contributed by atoms with Crippen LogP contribution in [0.2, 0.25) is 0 Å². The van der Waals surface area contributed by atoms with Gasteiger partial charge in [0.25, 0.3) is 5.91 Å². The molecule has 166 valence electrons. The molecule has 0 N–H and O–H groups in total. The zero-order chi connectivity index (χ0) is 22.7. The number of hydrogen-bond acceptors (Lipinski definition) is 3. The van der Waals surface area contributed by atoms with Crippen molar-refractivity contribution in [3.05, 3.63) is 82.1 Å². The van der Waals surface area contributed by atoms with Crippen LogP contribution in [0.15, 0.2) is 65.1 Å². The molecule has 0 saturated carbocycles. The largest absolute Gasteiger partial charge is 0.477 e. The number of para-hydroxylation sites is 1. The van der Waals surface area contributed by atoms with Gasteiger partial charge in [-0.15, -0.1) is 11.8 Å². The van der Waals surface area contributed by atoms with E-state index in [0.29, 0.717) is 6.54 Å². The van der Waals surface area contributed by atoms with Gasteiger partial charge in [-0.3, -0.25) is 4.79 Å². The van der Waals surface area contributed by atoms with Crippen LogP contribution in [-0.2, 0) is 16.1 Å². The molecule has 6 heteroatoms. The number of hydrogen-bond donors (Lipinski definition) is 0. The first-order chi connectivity index (χ1) is 15.3. The van der Waals surface area contributed by atoms with Crippen molar-refractivity contribution in [2.75, 3.05) is 12.8 Å². The minimum Gasteiger partial charge on any atom is -0.477 e. The predicted octanol–water partition coefficient (Wildman–Crippen LogP) is 5.94. The van der Waals surface area contributed by atoms with Crippen molar-refractivity contribution in [2.45, 2.75) is 38.2 Å². The molecule has 0 radical (unpaired) electrons. The Labute approximate surface area is 202 Å². The van der Waals surface area contributed by atoms with E-state index in [4.69, 9.17) is 4.74 Å². The molecule has 0 unspecified atom stereocenters. The molecule has 1 fully saturated rings. The van der Waals surface area contributed by atoms with Gasteiger partial charge in [-0.2, -0.15) is 0 Å². The van der Waals surface area contributed by atoms with E-state index >= 15 is 0 Å². The van der Waals surface area contributed by atoms with Crippen molar-refractivity contribution in [2.24, 2.45) is 5.41 Å². The minimum absolute atomic E-state index is 0.0580. The van der Waals surface area contributed by atoms with E-state index in [-0.39, 0.29) is 11.3 Å². The summed E-state index contributed by atoms with van der Waals surface area (Å²) >= 11 is 5.26. The number of carbonyl (C=O) groups excluding carboxylic acids is 1. The van der Waals surface area contributed by atoms with Crippen LogP contribution < -0.4 is 4.74 Å². The van der Waals surface area contributed by atoms with Crippen LogP contribution in [-0.4, -0.2) is 34.3 Å². The molecule has 4 nitrogen and oxygen atoms in total. The third-order valence-electron chi connectivity index (χ3n) is 6.54. The zero-order valence-corrected chi connectivity index (χ0v) is 21.2. The average Bonchev–Trinajstić information content (AvgIpc) is 3.05. The van der Waals surface area contributed by atoms with Crippen molar-refractivity contribution >= 4 is 33.6 Å². The number of β-lactam (4-membered cyclic amide) rings is 1. The lowest BCUT2D eigenvalue weighted by Crippen LogP contribution is -2.72. The van der Waals surface area contributed by atoms with Crippen molar-refractivity contribution < 1.29 is 9.53 Å². The summed E-state index contributed by atoms with van der Waals surface area (Å²) in [7, 11) is 0. The molecule has 1 aromatic heterocycles. The molecule has 1 saturated heterocycles. The van der Waals surface area contributed by atoms with Crippen molar-refractivity contribution in [1.82, 2.24) is 9.47 Å². The standard InChI is InChI=1S/C26H27BrN2O2S/c1-17-14-21-22(29(17)19-12-10-18(27)11-13-19)15-25(2,3)16-28-24(30)23(26(21,28)32-4)31-20-8-6-5-7-9-20/h5-14,23H,15-16H2,1-4H3/t23-,26-/m0/s1. The van der Waals surface area contributed by atoms with Crippen LogP contribution in [0.5, 0.6) is 5.75 Å². The highest BCUT2D eigenvalue weighted by molar-refractivity contribution is 9.10. The number of thioether (sulfide) groups is 1. The first-order valence-electron chi connectivity index (χ1n) is 10.8. The number of nitrogens with zero attached hydrogens (tertiary/aromatic N) is 2. The minimum atomic E-state index is -0.548. The molecule has 32 heavy (non-hydrogen) atoms. The molecule has 0 bridgehead atoms. The van der Waals surface area contributed by atoms with Gasteiger partial charge in [0.15, 0.2) is 4.87 Å². The van der Waals surface area contributed by atoms with Gasteiger partial charge in [-0.1, -0.05) is 48.0 Å². The van der Waals surface area contributed by atoms with Gasteiger partial charge in [-0.05, 0) is 67.5 Å². The second-order valence-corrected chi connectivity index (χ2v) is 11.4. The summed E-state index contributed by atoms with van der Waals surface area (Å²) in [5, 5.41) is 0. The predicted molar refractivity (Wildman–Crippen MR) is 133 cm³/mol. The molecular formula is C26H27BrN2O2S. The second-order valence-electron chi connectivity index (χ2n) is 9.43. The van der Waals surface area contributed by atoms with E-state index < -0.39 is 11.0 Å². The quantitative estimate of drug-likeness (QED) is 0.407. The normalized spacial score (nSPS) is 23.7. The molecule has 3 aromatic rings. The molecular weight excluding hydrogens is 484 g/mol. The Bertz CT molecular complexity index is 1170. The van der Waals surface area contributed by atoms with Crippen LogP contribution in [0.25, 0.3) is 5.69 Å². The smallest absolute Gasteiger partial charge is 0.269 e. The lowest BCUT2D eigenvalue weighted by atomic mass is 9.87. The Morgan fingerprint density at radius 2 is 1.78 bits per heavy atom. The van der Waals surface area contributed by atoms with Crippen molar-refractivity contribution in [3.63, 3.8) is 0 Å². The SMILES string of the molecule is CS[C@]12c3cc(C)n(-c4ccc(Br)cc4)c3CC(C)(C)CN1C(=O)[C@@H]2Oc1ccccc1. The van der Waals surface area contributed by atoms with Gasteiger partial charge < -0.3 is 14.2 Å². The third kappa shape index (κ3) is 3.22. The first kappa shape index (κ1) is 21.7. The van der Waals surface area contributed by atoms with Crippen LogP contribution in [0, 0.1) is 12.3 Å². The Morgan fingerprint density at radius 1 is 1.09 bits per heavy atom. The summed E-state index contributed by atoms with van der Waals surface area (Å²) in [5.74, 6) is 0.797. The average molecular weight is 511 g/mol. The number of halogens is 1. The molecule has 2 aliphatic heterocycles. The Balaban J connectivity index is 1.69. The van der Waals surface area contributed by atoms with Crippen molar-refractivity contribution in [3.8, 4) is 11.4 Å². The van der Waals surface area contributed by atoms with E-state index in [1.807, 2.05) is 35.2 Å². The number of rotatable bonds is 4. The molecule has 1 amide bonds. The van der Waals surface area contributed by atoms with Crippen LogP contribution in [0.4, 0.5) is 0 Å². The van der Waals surface area contributed by atoms with Crippen LogP contribution >= 0.6 is 27.7 Å². The summed E-state index contributed by atoms with van der Waals surface area (Å²) < 4.78 is 9.76. The molecule has 2 aliphatic rings. The second kappa shape index (κ2) is 7.70. The summed E-state index contributed by atoms with van der Waals surface area (Å²) in [6, 6.07) is 20.4. The topological polar surface area (TPSA) is 34.5 Å². The van der Waals surface area contributed by atoms with Gasteiger partial charge in [0, 0.05) is 33.7 Å². The summed E-state index contributed by atoms with van der Waals surface area (Å²) in [6.45, 7) is 7.35. The lowest BCUT2D eigenvalue weighted by molar-refractivity contribution is -0.171. The number of ether oxygens (including phenoxy) is 1. The maximum absolute atomic E-state index is 13.4. The molecule has 0 aliphatic carbocycles. The van der Waals surface area contributed by atoms with E-state index in [1.165, 1.54) is 17.0 Å². The van der Waals surface area contributed by atoms with E-state index in [1.54, 1.807) is 11.8 Å². The van der Waals surface area contributed by atoms with Crippen LogP contribution in [0.1, 0.15) is 30.8 Å². The Kier molecular flexibility index (Phi) is 5.21. The highest BCUT2D eigenvalue weighted by Gasteiger charge is 2.66. The summed E-state index contributed by atoms with van der Waals surface area (Å²) in [5.41, 5.74) is 4.70. The molecule has 5 rings (SSSR count). The van der Waals surface area contributed by atoms with Gasteiger partial charge in [0.2, 0.25) is 6.10 Å². The molecule has 0 spiro atoms. The number of benzene rings is 2. The number of fused-ring (bicyclic) bond motifs is 3. The van der Waals surface area contributed by atoms with E-state index in [0.717, 1.165) is 22.3 Å². The first-order valence-corrected chi connectivity index (χ1v) is 12.8. The maximum Gasteiger partial charge on any atom is 0.269 e. The summed E-state index contributed by atoms with van der Waals surface area (Å²) in [4.78, 5) is 14.9. The Hall–Kier alpha value is -2.18. The molecule has 3 heterocycles. The highest BCUT2D eigenvalue weighted by atomic mass is 79.9. The van der Waals surface area contributed by atoms with Gasteiger partial charge in [0.1, 0.15) is 5.75 Å². The number of aromatic nitrogens is 1. The van der Waals surface area contributed by atoms with Gasteiger partial charge in [0.05, 0.1) is 0 Å². The fourth-order valence-electron chi connectivity index (χ4n) is 5.18. The number of aryl methyl sites for hydroxylation is 1. The van der Waals surface area contributed by atoms with E-state index in [2.05, 4.69) is 77.9 Å². The maximum atomic E-state index is 13.4. The Morgan fingerprint density at radius 3 is 2.44 bits per heavy atom. The lowest BCUT2D eigenvalue weighted by Gasteiger charge is -2.56. The monoisotopic (exact) mass is 510 g/mol. The van der Waals surface area contributed by atoms with Crippen molar-refractivity contribution in [1.29, 1.82) is 0 Å². The van der Waals surface area contributed by atoms with Gasteiger partial charge in [-0.25, -0.2) is 0 Å². The van der Waals surface area contributed by atoms with Crippen LogP contribution in [0.3, 0.4) is 0 Å².